The molecule has 0 aromatic heterocycles. The summed E-state index contributed by atoms with van der Waals surface area (Å²) in [5.41, 5.74) is 3.84. The molecule has 0 N–H and O–H groups in total. The number of benzene rings is 2. The fraction of sp³-hybridized carbons (Fsp3) is 0.533. The largest absolute Gasteiger partial charge is 0.496 e. The van der Waals surface area contributed by atoms with Gasteiger partial charge in [-0.2, -0.15) is 0 Å². The molecule has 2 aromatic rings. The third-order valence-corrected chi connectivity index (χ3v) is 5.70. The standard InChI is InChI=1S/C30H42O5/c1-19(2)11-13-23-25(31-9)17-26-24(28(23)32-10)15-20(18-33-26)22-14-12-21(34-29(3,4)5)16-27(22)35-30(6,7)8/h11-12,14,16-17,20H,13,15,18H2,1-10H3/t20-/m0/s1. The van der Waals surface area contributed by atoms with Gasteiger partial charge in [0.2, 0.25) is 0 Å². The van der Waals surface area contributed by atoms with Crippen molar-refractivity contribution in [3.8, 4) is 28.7 Å². The Hall–Kier alpha value is -2.82. The quantitative estimate of drug-likeness (QED) is 0.388. The minimum absolute atomic E-state index is 0.113. The summed E-state index contributed by atoms with van der Waals surface area (Å²) in [4.78, 5) is 0. The van der Waals surface area contributed by atoms with Crippen LogP contribution in [0, 0.1) is 0 Å². The maximum absolute atomic E-state index is 6.42. The molecule has 2 aromatic carbocycles. The van der Waals surface area contributed by atoms with Crippen LogP contribution in [0.5, 0.6) is 28.7 Å². The van der Waals surface area contributed by atoms with Gasteiger partial charge in [0.15, 0.2) is 0 Å². The average Bonchev–Trinajstić information content (AvgIpc) is 2.74. The van der Waals surface area contributed by atoms with Crippen molar-refractivity contribution in [2.45, 2.75) is 85.4 Å². The van der Waals surface area contributed by atoms with Gasteiger partial charge in [0, 0.05) is 34.7 Å². The number of fused-ring (bicyclic) bond motifs is 1. The van der Waals surface area contributed by atoms with Crippen molar-refractivity contribution in [1.82, 2.24) is 0 Å². The van der Waals surface area contributed by atoms with E-state index < -0.39 is 0 Å². The molecule has 3 rings (SSSR count). The summed E-state index contributed by atoms with van der Waals surface area (Å²) in [5, 5.41) is 0. The average molecular weight is 483 g/mol. The predicted molar refractivity (Wildman–Crippen MR) is 142 cm³/mol. The minimum Gasteiger partial charge on any atom is -0.496 e. The predicted octanol–water partition coefficient (Wildman–Crippen LogP) is 7.29. The first-order chi connectivity index (χ1) is 16.3. The SMILES string of the molecule is COc1cc2c(c(OC)c1CC=C(C)C)C[C@H](c1ccc(OC(C)(C)C)cc1OC(C)(C)C)CO2. The molecule has 5 heteroatoms. The topological polar surface area (TPSA) is 46.2 Å². The van der Waals surface area contributed by atoms with Crippen LogP contribution in [-0.2, 0) is 12.8 Å². The Morgan fingerprint density at radius 3 is 2.20 bits per heavy atom. The Labute approximate surface area is 211 Å². The molecule has 0 bridgehead atoms. The molecule has 35 heavy (non-hydrogen) atoms. The van der Waals surface area contributed by atoms with E-state index in [1.807, 2.05) is 39.0 Å². The summed E-state index contributed by atoms with van der Waals surface area (Å²) in [6.45, 7) is 17.1. The zero-order valence-corrected chi connectivity index (χ0v) is 23.1. The molecule has 1 aliphatic rings. The number of hydrogen-bond donors (Lipinski definition) is 0. The summed E-state index contributed by atoms with van der Waals surface area (Å²) in [5.74, 6) is 4.19. The lowest BCUT2D eigenvalue weighted by atomic mass is 9.87. The van der Waals surface area contributed by atoms with Crippen molar-refractivity contribution in [3.63, 3.8) is 0 Å². The molecule has 1 aliphatic heterocycles. The maximum Gasteiger partial charge on any atom is 0.132 e. The van der Waals surface area contributed by atoms with Gasteiger partial charge >= 0.3 is 0 Å². The molecular weight excluding hydrogens is 440 g/mol. The zero-order valence-electron chi connectivity index (χ0n) is 23.1. The highest BCUT2D eigenvalue weighted by atomic mass is 16.5. The lowest BCUT2D eigenvalue weighted by molar-refractivity contribution is 0.119. The molecule has 0 radical (unpaired) electrons. The third-order valence-electron chi connectivity index (χ3n) is 5.70. The van der Waals surface area contributed by atoms with Crippen LogP contribution in [0.4, 0.5) is 0 Å². The van der Waals surface area contributed by atoms with Gasteiger partial charge in [-0.1, -0.05) is 17.7 Å². The van der Waals surface area contributed by atoms with Crippen LogP contribution in [0.1, 0.15) is 78.0 Å². The van der Waals surface area contributed by atoms with E-state index in [1.54, 1.807) is 14.2 Å². The summed E-state index contributed by atoms with van der Waals surface area (Å²) < 4.78 is 30.5. The van der Waals surface area contributed by atoms with E-state index >= 15 is 0 Å². The van der Waals surface area contributed by atoms with E-state index in [0.29, 0.717) is 6.61 Å². The van der Waals surface area contributed by atoms with E-state index in [9.17, 15) is 0 Å². The normalized spacial score (nSPS) is 15.5. The number of ether oxygens (including phenoxy) is 5. The fourth-order valence-corrected chi connectivity index (χ4v) is 4.33. The Kier molecular flexibility index (Phi) is 7.98. The number of methoxy groups -OCH3 is 2. The minimum atomic E-state index is -0.342. The summed E-state index contributed by atoms with van der Waals surface area (Å²) in [6.07, 6.45) is 3.71. The molecule has 0 fully saturated rings. The first kappa shape index (κ1) is 26.8. The zero-order chi connectivity index (χ0) is 26.0. The molecule has 5 nitrogen and oxygen atoms in total. The molecular formula is C30H42O5. The van der Waals surface area contributed by atoms with Crippen molar-refractivity contribution in [3.05, 3.63) is 52.6 Å². The lowest BCUT2D eigenvalue weighted by Crippen LogP contribution is -2.27. The maximum atomic E-state index is 6.42. The molecule has 0 amide bonds. The summed E-state index contributed by atoms with van der Waals surface area (Å²) >= 11 is 0. The molecule has 0 unspecified atom stereocenters. The molecule has 0 aliphatic carbocycles. The van der Waals surface area contributed by atoms with Gasteiger partial charge in [-0.3, -0.25) is 0 Å². The van der Waals surface area contributed by atoms with E-state index in [0.717, 1.165) is 58.3 Å². The van der Waals surface area contributed by atoms with Gasteiger partial charge in [-0.15, -0.1) is 0 Å². The van der Waals surface area contributed by atoms with Crippen LogP contribution < -0.4 is 23.7 Å². The summed E-state index contributed by atoms with van der Waals surface area (Å²) in [6, 6.07) is 8.14. The van der Waals surface area contributed by atoms with Crippen LogP contribution in [0.2, 0.25) is 0 Å². The second kappa shape index (κ2) is 10.4. The van der Waals surface area contributed by atoms with Crippen molar-refractivity contribution >= 4 is 0 Å². The van der Waals surface area contributed by atoms with Gasteiger partial charge in [0.05, 0.1) is 20.8 Å². The van der Waals surface area contributed by atoms with Crippen LogP contribution in [0.25, 0.3) is 0 Å². The Morgan fingerprint density at radius 2 is 1.63 bits per heavy atom. The van der Waals surface area contributed by atoms with Gasteiger partial charge in [0.25, 0.3) is 0 Å². The second-order valence-electron chi connectivity index (χ2n) is 11.4. The van der Waals surface area contributed by atoms with E-state index in [-0.39, 0.29) is 17.1 Å². The molecule has 0 saturated heterocycles. The van der Waals surface area contributed by atoms with Crippen LogP contribution in [0.15, 0.2) is 35.9 Å². The number of hydrogen-bond acceptors (Lipinski definition) is 5. The Bertz CT molecular complexity index is 1070. The molecule has 0 spiro atoms. The molecule has 0 saturated carbocycles. The van der Waals surface area contributed by atoms with E-state index in [2.05, 4.69) is 46.8 Å². The highest BCUT2D eigenvalue weighted by molar-refractivity contribution is 5.60. The number of rotatable bonds is 7. The lowest BCUT2D eigenvalue weighted by Gasteiger charge is -2.32. The smallest absolute Gasteiger partial charge is 0.132 e. The van der Waals surface area contributed by atoms with Gasteiger partial charge < -0.3 is 23.7 Å². The molecule has 1 heterocycles. The van der Waals surface area contributed by atoms with Crippen molar-refractivity contribution in [2.24, 2.45) is 0 Å². The highest BCUT2D eigenvalue weighted by Gasteiger charge is 2.31. The van der Waals surface area contributed by atoms with Crippen molar-refractivity contribution in [2.75, 3.05) is 20.8 Å². The number of allylic oxidation sites excluding steroid dienone is 2. The summed E-state index contributed by atoms with van der Waals surface area (Å²) in [7, 11) is 3.41. The van der Waals surface area contributed by atoms with Gasteiger partial charge in [-0.25, -0.2) is 0 Å². The Morgan fingerprint density at radius 1 is 0.943 bits per heavy atom. The second-order valence-corrected chi connectivity index (χ2v) is 11.4. The highest BCUT2D eigenvalue weighted by Crippen LogP contribution is 2.46. The first-order valence-electron chi connectivity index (χ1n) is 12.4. The third kappa shape index (κ3) is 6.87. The van der Waals surface area contributed by atoms with Crippen LogP contribution in [-0.4, -0.2) is 32.0 Å². The molecule has 192 valence electrons. The fourth-order valence-electron chi connectivity index (χ4n) is 4.33. The van der Waals surface area contributed by atoms with Crippen LogP contribution in [0.3, 0.4) is 0 Å². The van der Waals surface area contributed by atoms with Gasteiger partial charge in [-0.05, 0) is 74.3 Å². The first-order valence-corrected chi connectivity index (χ1v) is 12.4. The van der Waals surface area contributed by atoms with Gasteiger partial charge in [0.1, 0.15) is 39.9 Å². The Balaban J connectivity index is 2.04. The van der Waals surface area contributed by atoms with Crippen molar-refractivity contribution in [1.29, 1.82) is 0 Å². The van der Waals surface area contributed by atoms with E-state index in [4.69, 9.17) is 23.7 Å². The molecule has 1 atom stereocenters. The monoisotopic (exact) mass is 482 g/mol. The van der Waals surface area contributed by atoms with Crippen molar-refractivity contribution < 1.29 is 23.7 Å². The van der Waals surface area contributed by atoms with E-state index in [1.165, 1.54) is 5.57 Å². The van der Waals surface area contributed by atoms with Crippen LogP contribution >= 0.6 is 0 Å².